The van der Waals surface area contributed by atoms with E-state index in [4.69, 9.17) is 11.6 Å². The second-order valence-electron chi connectivity index (χ2n) is 7.35. The fourth-order valence-electron chi connectivity index (χ4n) is 3.87. The van der Waals surface area contributed by atoms with Gasteiger partial charge in [-0.15, -0.1) is 5.10 Å². The Kier molecular flexibility index (Phi) is 5.62. The molecular weight excluding hydrogens is 391 g/mol. The molecule has 0 spiro atoms. The summed E-state index contributed by atoms with van der Waals surface area (Å²) >= 11 is 5.77. The van der Waals surface area contributed by atoms with Gasteiger partial charge in [-0.2, -0.15) is 0 Å². The number of carbonyl (C=O) groups excluding carboxylic acids is 1. The SMILES string of the molecule is CCC(=O)N[C@H]1CC[C@@H](n2nncc2-c2ccc(-c3ccc(Cl)c(F)c3)cc2)C1. The molecule has 0 bridgehead atoms. The molecule has 7 heteroatoms. The van der Waals surface area contributed by atoms with Gasteiger partial charge in [0.15, 0.2) is 0 Å². The first-order valence-corrected chi connectivity index (χ1v) is 10.2. The van der Waals surface area contributed by atoms with Crippen molar-refractivity contribution in [1.29, 1.82) is 0 Å². The lowest BCUT2D eigenvalue weighted by Crippen LogP contribution is -2.32. The van der Waals surface area contributed by atoms with Crippen molar-refractivity contribution < 1.29 is 9.18 Å². The topological polar surface area (TPSA) is 59.8 Å². The van der Waals surface area contributed by atoms with Crippen LogP contribution in [-0.2, 0) is 4.79 Å². The largest absolute Gasteiger partial charge is 0.353 e. The Bertz CT molecular complexity index is 1020. The smallest absolute Gasteiger partial charge is 0.219 e. The minimum absolute atomic E-state index is 0.0867. The van der Waals surface area contributed by atoms with Crippen LogP contribution in [0.2, 0.25) is 5.02 Å². The summed E-state index contributed by atoms with van der Waals surface area (Å²) < 4.78 is 15.7. The van der Waals surface area contributed by atoms with E-state index in [0.29, 0.717) is 6.42 Å². The van der Waals surface area contributed by atoms with E-state index in [1.165, 1.54) is 6.07 Å². The molecule has 3 aromatic rings. The second kappa shape index (κ2) is 8.33. The van der Waals surface area contributed by atoms with Crippen LogP contribution in [0.4, 0.5) is 4.39 Å². The molecule has 2 aromatic carbocycles. The van der Waals surface area contributed by atoms with Crippen molar-refractivity contribution in [3.63, 3.8) is 0 Å². The lowest BCUT2D eigenvalue weighted by atomic mass is 10.0. The van der Waals surface area contributed by atoms with E-state index in [-0.39, 0.29) is 23.0 Å². The molecule has 1 aromatic heterocycles. The summed E-state index contributed by atoms with van der Waals surface area (Å²) in [7, 11) is 0. The standard InChI is InChI=1S/C22H22ClFN4O/c1-2-22(29)26-17-8-9-18(12-17)28-21(13-25-27-28)15-5-3-14(4-6-15)16-7-10-19(23)20(24)11-16/h3-7,10-11,13,17-18H,2,8-9,12H2,1H3,(H,26,29)/t17-,18+/m0/s1. The molecule has 1 heterocycles. The average Bonchev–Trinajstić information content (AvgIpc) is 3.39. The summed E-state index contributed by atoms with van der Waals surface area (Å²) in [6, 6.07) is 13.1. The van der Waals surface area contributed by atoms with Gasteiger partial charge in [0.05, 0.1) is 23.0 Å². The summed E-state index contributed by atoms with van der Waals surface area (Å²) in [5, 5.41) is 11.6. The van der Waals surface area contributed by atoms with Crippen LogP contribution in [0.1, 0.15) is 38.6 Å². The minimum atomic E-state index is -0.429. The number of hydrogen-bond donors (Lipinski definition) is 1. The molecule has 1 fully saturated rings. The minimum Gasteiger partial charge on any atom is -0.353 e. The monoisotopic (exact) mass is 412 g/mol. The first kappa shape index (κ1) is 19.6. The van der Waals surface area contributed by atoms with Crippen LogP contribution >= 0.6 is 11.6 Å². The maximum atomic E-state index is 13.7. The summed E-state index contributed by atoms with van der Waals surface area (Å²) in [5.74, 6) is -0.342. The number of nitrogens with one attached hydrogen (secondary N) is 1. The average molecular weight is 413 g/mol. The van der Waals surface area contributed by atoms with Gasteiger partial charge in [-0.3, -0.25) is 4.79 Å². The highest BCUT2D eigenvalue weighted by Gasteiger charge is 2.29. The third kappa shape index (κ3) is 4.17. The molecule has 0 unspecified atom stereocenters. The van der Waals surface area contributed by atoms with Crippen LogP contribution in [0.5, 0.6) is 0 Å². The van der Waals surface area contributed by atoms with Crippen molar-refractivity contribution in [3.8, 4) is 22.4 Å². The fourth-order valence-corrected chi connectivity index (χ4v) is 3.99. The zero-order valence-electron chi connectivity index (χ0n) is 16.1. The Morgan fingerprint density at radius 2 is 1.90 bits per heavy atom. The first-order chi connectivity index (χ1) is 14.0. The maximum absolute atomic E-state index is 13.7. The van der Waals surface area contributed by atoms with Crippen LogP contribution in [0.15, 0.2) is 48.7 Å². The van der Waals surface area contributed by atoms with Gasteiger partial charge in [-0.1, -0.05) is 54.1 Å². The molecule has 4 rings (SSSR count). The number of carbonyl (C=O) groups is 1. The molecule has 1 saturated carbocycles. The molecule has 1 aliphatic carbocycles. The third-order valence-electron chi connectivity index (χ3n) is 5.45. The Morgan fingerprint density at radius 1 is 1.17 bits per heavy atom. The van der Waals surface area contributed by atoms with Crippen LogP contribution in [-0.4, -0.2) is 26.9 Å². The van der Waals surface area contributed by atoms with E-state index >= 15 is 0 Å². The molecule has 0 radical (unpaired) electrons. The number of halogens is 2. The third-order valence-corrected chi connectivity index (χ3v) is 5.75. The molecule has 1 N–H and O–H groups in total. The molecule has 0 aliphatic heterocycles. The van der Waals surface area contributed by atoms with Crippen molar-refractivity contribution in [3.05, 3.63) is 59.5 Å². The van der Waals surface area contributed by atoms with Crippen molar-refractivity contribution in [2.24, 2.45) is 0 Å². The van der Waals surface area contributed by atoms with E-state index < -0.39 is 5.82 Å². The number of aromatic nitrogens is 3. The first-order valence-electron chi connectivity index (χ1n) is 9.80. The predicted molar refractivity (Wildman–Crippen MR) is 111 cm³/mol. The summed E-state index contributed by atoms with van der Waals surface area (Å²) in [4.78, 5) is 11.7. The molecule has 150 valence electrons. The highest BCUT2D eigenvalue weighted by molar-refractivity contribution is 6.30. The fraction of sp³-hybridized carbons (Fsp3) is 0.318. The van der Waals surface area contributed by atoms with E-state index in [1.807, 2.05) is 35.9 Å². The van der Waals surface area contributed by atoms with Crippen LogP contribution in [0.3, 0.4) is 0 Å². The number of rotatable bonds is 5. The van der Waals surface area contributed by atoms with Gasteiger partial charge in [0.25, 0.3) is 0 Å². The van der Waals surface area contributed by atoms with Crippen molar-refractivity contribution in [1.82, 2.24) is 20.3 Å². The molecule has 2 atom stereocenters. The lowest BCUT2D eigenvalue weighted by Gasteiger charge is -2.15. The molecular formula is C22H22ClFN4O. The number of benzene rings is 2. The van der Waals surface area contributed by atoms with Gasteiger partial charge in [-0.25, -0.2) is 9.07 Å². The van der Waals surface area contributed by atoms with Gasteiger partial charge < -0.3 is 5.32 Å². The van der Waals surface area contributed by atoms with Gasteiger partial charge in [-0.05, 0) is 42.5 Å². The normalized spacial score (nSPS) is 18.7. The van der Waals surface area contributed by atoms with E-state index in [1.54, 1.807) is 18.3 Å². The number of amides is 1. The quantitative estimate of drug-likeness (QED) is 0.639. The van der Waals surface area contributed by atoms with E-state index in [2.05, 4.69) is 15.6 Å². The predicted octanol–water partition coefficient (Wildman–Crippen LogP) is 5.02. The zero-order chi connectivity index (χ0) is 20.4. The maximum Gasteiger partial charge on any atom is 0.219 e. The Morgan fingerprint density at radius 3 is 2.62 bits per heavy atom. The van der Waals surface area contributed by atoms with Crippen LogP contribution in [0.25, 0.3) is 22.4 Å². The summed E-state index contributed by atoms with van der Waals surface area (Å²) in [5.41, 5.74) is 3.61. The summed E-state index contributed by atoms with van der Waals surface area (Å²) in [6.07, 6.45) is 5.00. The number of nitrogens with zero attached hydrogens (tertiary/aromatic N) is 3. The highest BCUT2D eigenvalue weighted by Crippen LogP contribution is 2.34. The second-order valence-corrected chi connectivity index (χ2v) is 7.76. The Balaban J connectivity index is 1.52. The van der Waals surface area contributed by atoms with Crippen molar-refractivity contribution in [2.45, 2.75) is 44.7 Å². The molecule has 1 aliphatic rings. The van der Waals surface area contributed by atoms with Gasteiger partial charge >= 0.3 is 0 Å². The molecule has 1 amide bonds. The Labute approximate surface area is 173 Å². The van der Waals surface area contributed by atoms with Gasteiger partial charge in [0.1, 0.15) is 5.82 Å². The summed E-state index contributed by atoms with van der Waals surface area (Å²) in [6.45, 7) is 1.86. The number of hydrogen-bond acceptors (Lipinski definition) is 3. The highest BCUT2D eigenvalue weighted by atomic mass is 35.5. The lowest BCUT2D eigenvalue weighted by molar-refractivity contribution is -0.121. The molecule has 5 nitrogen and oxygen atoms in total. The van der Waals surface area contributed by atoms with Crippen LogP contribution in [0, 0.1) is 5.82 Å². The Hall–Kier alpha value is -2.73. The van der Waals surface area contributed by atoms with Gasteiger partial charge in [0, 0.05) is 18.0 Å². The van der Waals surface area contributed by atoms with Crippen molar-refractivity contribution >= 4 is 17.5 Å². The molecule has 0 saturated heterocycles. The van der Waals surface area contributed by atoms with E-state index in [9.17, 15) is 9.18 Å². The zero-order valence-corrected chi connectivity index (χ0v) is 16.9. The molecule has 29 heavy (non-hydrogen) atoms. The van der Waals surface area contributed by atoms with E-state index in [0.717, 1.165) is 41.6 Å². The van der Waals surface area contributed by atoms with Crippen LogP contribution < -0.4 is 5.32 Å². The van der Waals surface area contributed by atoms with Crippen molar-refractivity contribution in [2.75, 3.05) is 0 Å². The van der Waals surface area contributed by atoms with Gasteiger partial charge in [0.2, 0.25) is 5.91 Å².